The van der Waals surface area contributed by atoms with Crippen LogP contribution in [0.1, 0.15) is 5.89 Å². The lowest BCUT2D eigenvalue weighted by Gasteiger charge is -2.08. The smallest absolute Gasteiger partial charge is 0.261 e. The first-order valence-electron chi connectivity index (χ1n) is 9.31. The van der Waals surface area contributed by atoms with E-state index in [1.807, 2.05) is 18.2 Å². The van der Waals surface area contributed by atoms with Gasteiger partial charge in [0, 0.05) is 18.7 Å². The fourth-order valence-electron chi connectivity index (χ4n) is 3.36. The first kappa shape index (κ1) is 18.1. The van der Waals surface area contributed by atoms with Crippen LogP contribution in [-0.4, -0.2) is 33.3 Å². The zero-order chi connectivity index (χ0) is 20.9. The third kappa shape index (κ3) is 3.05. The van der Waals surface area contributed by atoms with E-state index in [9.17, 15) is 4.79 Å². The highest BCUT2D eigenvalue weighted by atomic mass is 32.2. The van der Waals surface area contributed by atoms with Crippen molar-refractivity contribution >= 4 is 22.7 Å². The number of ether oxygens (including phenoxy) is 4. The normalized spacial score (nSPS) is 13.8. The lowest BCUT2D eigenvalue weighted by molar-refractivity contribution is 0.173. The lowest BCUT2D eigenvalue weighted by atomic mass is 10.2. The molecule has 0 saturated carbocycles. The number of hydrogen-bond acceptors (Lipinski definition) is 10. The summed E-state index contributed by atoms with van der Waals surface area (Å²) in [6, 6.07) is 8.84. The summed E-state index contributed by atoms with van der Waals surface area (Å²) in [6.45, 7) is 0.336. The third-order valence-electron chi connectivity index (χ3n) is 4.95. The Hall–Kier alpha value is -3.73. The minimum Gasteiger partial charge on any atom is -0.454 e. The number of rotatable bonds is 4. The molecule has 0 fully saturated rings. The Kier molecular flexibility index (Phi) is 4.03. The highest BCUT2D eigenvalue weighted by Gasteiger charge is 2.19. The van der Waals surface area contributed by atoms with Crippen LogP contribution in [0.15, 0.2) is 44.8 Å². The van der Waals surface area contributed by atoms with E-state index in [0.717, 1.165) is 5.56 Å². The average Bonchev–Trinajstić information content (AvgIpc) is 3.53. The van der Waals surface area contributed by atoms with Gasteiger partial charge in [-0.25, -0.2) is 4.98 Å². The summed E-state index contributed by atoms with van der Waals surface area (Å²) in [5, 5.41) is 5.04. The van der Waals surface area contributed by atoms with Gasteiger partial charge in [0.1, 0.15) is 0 Å². The van der Waals surface area contributed by atoms with E-state index in [2.05, 4.69) is 15.1 Å². The standard InChI is InChI=1S/C20H14N4O6S/c1-24-19(25)11-5-15-16(29-9-28-15)6-12(11)21-20(24)31-7-17-22-18(23-30-17)10-2-3-13-14(4-10)27-8-26-13/h2-6H,7-9H2,1H3. The molecule has 2 aliphatic heterocycles. The molecule has 0 spiro atoms. The Labute approximate surface area is 178 Å². The molecule has 0 radical (unpaired) electrons. The predicted molar refractivity (Wildman–Crippen MR) is 109 cm³/mol. The highest BCUT2D eigenvalue weighted by molar-refractivity contribution is 7.98. The molecule has 0 bridgehead atoms. The van der Waals surface area contributed by atoms with Crippen molar-refractivity contribution in [3.63, 3.8) is 0 Å². The average molecular weight is 438 g/mol. The largest absolute Gasteiger partial charge is 0.454 e. The summed E-state index contributed by atoms with van der Waals surface area (Å²) < 4.78 is 28.3. The molecule has 31 heavy (non-hydrogen) atoms. The summed E-state index contributed by atoms with van der Waals surface area (Å²) >= 11 is 1.33. The summed E-state index contributed by atoms with van der Waals surface area (Å²) in [7, 11) is 1.67. The molecule has 4 aromatic rings. The van der Waals surface area contributed by atoms with Crippen molar-refractivity contribution in [1.29, 1.82) is 0 Å². The maximum atomic E-state index is 12.8. The molecule has 2 aliphatic rings. The van der Waals surface area contributed by atoms with Crippen LogP contribution >= 0.6 is 11.8 Å². The Morgan fingerprint density at radius 1 is 0.968 bits per heavy atom. The van der Waals surface area contributed by atoms with Crippen molar-refractivity contribution in [2.75, 3.05) is 13.6 Å². The summed E-state index contributed by atoms with van der Waals surface area (Å²) in [4.78, 5) is 21.8. The predicted octanol–water partition coefficient (Wildman–Crippen LogP) is 2.73. The maximum Gasteiger partial charge on any atom is 0.261 e. The molecule has 6 rings (SSSR count). The van der Waals surface area contributed by atoms with Gasteiger partial charge < -0.3 is 23.5 Å². The molecule has 2 aromatic carbocycles. The van der Waals surface area contributed by atoms with E-state index in [-0.39, 0.29) is 19.1 Å². The topological polar surface area (TPSA) is 111 Å². The molecular weight excluding hydrogens is 424 g/mol. The zero-order valence-corrected chi connectivity index (χ0v) is 17.0. The first-order valence-corrected chi connectivity index (χ1v) is 10.3. The molecule has 0 saturated heterocycles. The van der Waals surface area contributed by atoms with Crippen molar-refractivity contribution < 1.29 is 23.5 Å². The zero-order valence-electron chi connectivity index (χ0n) is 16.2. The number of fused-ring (bicyclic) bond motifs is 3. The fraction of sp³-hybridized carbons (Fsp3) is 0.200. The molecule has 0 N–H and O–H groups in total. The molecular formula is C20H14N4O6S. The number of thioether (sulfide) groups is 1. The second-order valence-electron chi connectivity index (χ2n) is 6.85. The summed E-state index contributed by atoms with van der Waals surface area (Å²) in [5.41, 5.74) is 1.13. The molecule has 10 nitrogen and oxygen atoms in total. The molecule has 0 amide bonds. The Morgan fingerprint density at radius 3 is 2.55 bits per heavy atom. The van der Waals surface area contributed by atoms with Crippen LogP contribution in [0, 0.1) is 0 Å². The van der Waals surface area contributed by atoms with Crippen molar-refractivity contribution in [2.45, 2.75) is 10.9 Å². The monoisotopic (exact) mass is 438 g/mol. The quantitative estimate of drug-likeness (QED) is 0.348. The van der Waals surface area contributed by atoms with Crippen LogP contribution < -0.4 is 24.5 Å². The van der Waals surface area contributed by atoms with Crippen LogP contribution in [-0.2, 0) is 12.8 Å². The fourth-order valence-corrected chi connectivity index (χ4v) is 4.17. The number of nitrogens with zero attached hydrogens (tertiary/aromatic N) is 4. The van der Waals surface area contributed by atoms with E-state index >= 15 is 0 Å². The van der Waals surface area contributed by atoms with Crippen LogP contribution in [0.2, 0.25) is 0 Å². The second-order valence-corrected chi connectivity index (χ2v) is 7.79. The minimum atomic E-state index is -0.169. The summed E-state index contributed by atoms with van der Waals surface area (Å²) in [6.07, 6.45) is 0. The Balaban J connectivity index is 1.26. The van der Waals surface area contributed by atoms with Gasteiger partial charge in [0.05, 0.1) is 16.7 Å². The van der Waals surface area contributed by atoms with Gasteiger partial charge in [-0.1, -0.05) is 16.9 Å². The SMILES string of the molecule is Cn1c(SCc2nc(-c3ccc4c(c3)OCO4)no2)nc2cc3c(cc2c1=O)OCO3. The maximum absolute atomic E-state index is 12.8. The first-order chi connectivity index (χ1) is 15.2. The van der Waals surface area contributed by atoms with Crippen molar-refractivity contribution in [2.24, 2.45) is 7.05 Å². The van der Waals surface area contributed by atoms with E-state index in [1.165, 1.54) is 16.3 Å². The van der Waals surface area contributed by atoms with Crippen LogP contribution in [0.3, 0.4) is 0 Å². The third-order valence-corrected chi connectivity index (χ3v) is 5.97. The van der Waals surface area contributed by atoms with Gasteiger partial charge in [-0.2, -0.15) is 4.98 Å². The van der Waals surface area contributed by atoms with Gasteiger partial charge in [-0.3, -0.25) is 9.36 Å². The number of hydrogen-bond donors (Lipinski definition) is 0. The number of benzene rings is 2. The Morgan fingerprint density at radius 2 is 1.71 bits per heavy atom. The molecule has 0 unspecified atom stereocenters. The molecule has 2 aromatic heterocycles. The van der Waals surface area contributed by atoms with Crippen LogP contribution in [0.5, 0.6) is 23.0 Å². The lowest BCUT2D eigenvalue weighted by Crippen LogP contribution is -2.20. The summed E-state index contributed by atoms with van der Waals surface area (Å²) in [5.74, 6) is 3.68. The molecule has 156 valence electrons. The molecule has 11 heteroatoms. The van der Waals surface area contributed by atoms with Gasteiger partial charge in [0.25, 0.3) is 5.56 Å². The van der Waals surface area contributed by atoms with Gasteiger partial charge in [-0.15, -0.1) is 0 Å². The van der Waals surface area contributed by atoms with E-state index in [4.69, 9.17) is 23.5 Å². The highest BCUT2D eigenvalue weighted by Crippen LogP contribution is 2.36. The van der Waals surface area contributed by atoms with Gasteiger partial charge in [-0.05, 0) is 24.3 Å². The van der Waals surface area contributed by atoms with E-state index in [0.29, 0.717) is 56.5 Å². The van der Waals surface area contributed by atoms with Gasteiger partial charge >= 0.3 is 0 Å². The van der Waals surface area contributed by atoms with Crippen molar-refractivity contribution in [1.82, 2.24) is 19.7 Å². The van der Waals surface area contributed by atoms with E-state index in [1.54, 1.807) is 19.2 Å². The molecule has 4 heterocycles. The Bertz CT molecular complexity index is 1400. The minimum absolute atomic E-state index is 0.135. The number of aromatic nitrogens is 4. The van der Waals surface area contributed by atoms with E-state index < -0.39 is 0 Å². The van der Waals surface area contributed by atoms with Crippen LogP contribution in [0.4, 0.5) is 0 Å². The van der Waals surface area contributed by atoms with Crippen LogP contribution in [0.25, 0.3) is 22.3 Å². The molecule has 0 aliphatic carbocycles. The second kappa shape index (κ2) is 6.91. The van der Waals surface area contributed by atoms with Crippen molar-refractivity contribution in [3.8, 4) is 34.4 Å². The van der Waals surface area contributed by atoms with Gasteiger partial charge in [0.2, 0.25) is 25.3 Å². The van der Waals surface area contributed by atoms with Gasteiger partial charge in [0.15, 0.2) is 28.2 Å². The molecule has 0 atom stereocenters. The van der Waals surface area contributed by atoms with Crippen molar-refractivity contribution in [3.05, 3.63) is 46.6 Å².